The molecule has 1 atom stereocenters. The highest BCUT2D eigenvalue weighted by molar-refractivity contribution is 6.32. The van der Waals surface area contributed by atoms with Gasteiger partial charge in [0.05, 0.1) is 22.8 Å². The molecule has 0 radical (unpaired) electrons. The van der Waals surface area contributed by atoms with Gasteiger partial charge in [0, 0.05) is 11.4 Å². The van der Waals surface area contributed by atoms with E-state index < -0.39 is 5.69 Å². The molecule has 26 heavy (non-hydrogen) atoms. The van der Waals surface area contributed by atoms with Gasteiger partial charge in [0.15, 0.2) is 0 Å². The monoisotopic (exact) mass is 369 g/mol. The molecule has 5 nitrogen and oxygen atoms in total. The van der Waals surface area contributed by atoms with Crippen molar-refractivity contribution in [2.75, 3.05) is 11.9 Å². The van der Waals surface area contributed by atoms with E-state index in [2.05, 4.69) is 22.4 Å². The first-order chi connectivity index (χ1) is 12.6. The van der Waals surface area contributed by atoms with Crippen LogP contribution in [0.3, 0.4) is 0 Å². The van der Waals surface area contributed by atoms with Crippen LogP contribution in [0.5, 0.6) is 0 Å². The number of anilines is 1. The van der Waals surface area contributed by atoms with E-state index in [0.29, 0.717) is 22.4 Å². The van der Waals surface area contributed by atoms with E-state index in [1.807, 2.05) is 31.2 Å². The fraction of sp³-hybridized carbons (Fsp3) is 0.300. The summed E-state index contributed by atoms with van der Waals surface area (Å²) in [4.78, 5) is 17.1. The van der Waals surface area contributed by atoms with Crippen LogP contribution in [0.25, 0.3) is 16.6 Å². The van der Waals surface area contributed by atoms with Gasteiger partial charge in [0.25, 0.3) is 0 Å². The van der Waals surface area contributed by atoms with Gasteiger partial charge in [-0.25, -0.2) is 4.79 Å². The Hall–Kier alpha value is -2.37. The molecular formula is C20H20ClN3O2. The van der Waals surface area contributed by atoms with E-state index in [4.69, 9.17) is 11.6 Å². The summed E-state index contributed by atoms with van der Waals surface area (Å²) in [7, 11) is 0. The summed E-state index contributed by atoms with van der Waals surface area (Å²) in [6.45, 7) is 1.79. The summed E-state index contributed by atoms with van der Waals surface area (Å²) in [5, 5.41) is 13.8. The van der Waals surface area contributed by atoms with Crippen molar-refractivity contribution in [2.24, 2.45) is 0 Å². The molecule has 0 aliphatic heterocycles. The normalized spacial score (nSPS) is 15.2. The number of fused-ring (bicyclic) bond motifs is 1. The van der Waals surface area contributed by atoms with Crippen molar-refractivity contribution >= 4 is 28.3 Å². The van der Waals surface area contributed by atoms with Crippen molar-refractivity contribution in [2.45, 2.75) is 31.7 Å². The number of hydrogen-bond donors (Lipinski definition) is 2. The quantitative estimate of drug-likeness (QED) is 0.719. The van der Waals surface area contributed by atoms with E-state index >= 15 is 0 Å². The lowest BCUT2D eigenvalue weighted by molar-refractivity contribution is 0.281. The van der Waals surface area contributed by atoms with Gasteiger partial charge in [0.2, 0.25) is 0 Å². The lowest BCUT2D eigenvalue weighted by atomic mass is 10.1. The minimum atomic E-state index is -0.397. The molecule has 0 amide bonds. The Morgan fingerprint density at radius 3 is 2.77 bits per heavy atom. The highest BCUT2D eigenvalue weighted by atomic mass is 35.5. The summed E-state index contributed by atoms with van der Waals surface area (Å²) < 4.78 is 1.57. The maximum atomic E-state index is 12.9. The van der Waals surface area contributed by atoms with Gasteiger partial charge >= 0.3 is 5.69 Å². The molecule has 2 aromatic carbocycles. The van der Waals surface area contributed by atoms with Gasteiger partial charge in [-0.3, -0.25) is 4.57 Å². The fourth-order valence-corrected chi connectivity index (χ4v) is 3.39. The molecule has 0 spiro atoms. The van der Waals surface area contributed by atoms with Gasteiger partial charge in [-0.1, -0.05) is 29.8 Å². The van der Waals surface area contributed by atoms with Gasteiger partial charge in [-0.05, 0) is 55.5 Å². The highest BCUT2D eigenvalue weighted by Gasteiger charge is 2.25. The second kappa shape index (κ2) is 6.74. The molecule has 134 valence electrons. The molecular weight excluding hydrogens is 350 g/mol. The molecule has 1 aromatic heterocycles. The van der Waals surface area contributed by atoms with Crippen molar-refractivity contribution in [1.82, 2.24) is 9.55 Å². The van der Waals surface area contributed by atoms with Crippen LogP contribution >= 0.6 is 11.6 Å². The average Bonchev–Trinajstić information content (AvgIpc) is 3.47. The van der Waals surface area contributed by atoms with Gasteiger partial charge in [-0.15, -0.1) is 0 Å². The SMILES string of the molecule is C[C@@H](CO)Nc1nc(=O)n(-c2ccccc2Cl)c2cc(C3CC3)ccc12. The van der Waals surface area contributed by atoms with Crippen LogP contribution in [0, 0.1) is 0 Å². The Morgan fingerprint density at radius 1 is 1.31 bits per heavy atom. The Bertz CT molecular complexity index is 1030. The first-order valence-electron chi connectivity index (χ1n) is 8.77. The van der Waals surface area contributed by atoms with Crippen molar-refractivity contribution in [3.05, 3.63) is 63.5 Å². The van der Waals surface area contributed by atoms with Crippen LogP contribution in [-0.2, 0) is 0 Å². The zero-order chi connectivity index (χ0) is 18.3. The highest BCUT2D eigenvalue weighted by Crippen LogP contribution is 2.41. The summed E-state index contributed by atoms with van der Waals surface area (Å²) in [5.41, 5.74) is 2.22. The first kappa shape index (κ1) is 17.1. The molecule has 1 aliphatic rings. The molecule has 2 N–H and O–H groups in total. The number of rotatable bonds is 5. The molecule has 1 heterocycles. The van der Waals surface area contributed by atoms with Crippen molar-refractivity contribution in [3.63, 3.8) is 0 Å². The number of para-hydroxylation sites is 1. The predicted molar refractivity (Wildman–Crippen MR) is 104 cm³/mol. The summed E-state index contributed by atoms with van der Waals surface area (Å²) in [6, 6.07) is 13.2. The van der Waals surface area contributed by atoms with Crippen LogP contribution in [0.15, 0.2) is 47.3 Å². The number of halogens is 1. The van der Waals surface area contributed by atoms with Crippen molar-refractivity contribution in [1.29, 1.82) is 0 Å². The minimum absolute atomic E-state index is 0.0447. The number of aromatic nitrogens is 2. The van der Waals surface area contributed by atoms with Crippen molar-refractivity contribution in [3.8, 4) is 5.69 Å². The minimum Gasteiger partial charge on any atom is -0.394 e. The molecule has 1 saturated carbocycles. The van der Waals surface area contributed by atoms with Crippen LogP contribution < -0.4 is 11.0 Å². The van der Waals surface area contributed by atoms with E-state index in [-0.39, 0.29) is 12.6 Å². The number of benzene rings is 2. The molecule has 1 fully saturated rings. The number of aliphatic hydroxyl groups is 1. The van der Waals surface area contributed by atoms with E-state index in [0.717, 1.165) is 10.9 Å². The smallest absolute Gasteiger partial charge is 0.354 e. The van der Waals surface area contributed by atoms with Crippen LogP contribution in [0.1, 0.15) is 31.2 Å². The molecule has 1 aliphatic carbocycles. The lowest BCUT2D eigenvalue weighted by Crippen LogP contribution is -2.27. The summed E-state index contributed by atoms with van der Waals surface area (Å²) in [6.07, 6.45) is 2.36. The maximum absolute atomic E-state index is 12.9. The standard InChI is InChI=1S/C20H20ClN3O2/c1-12(11-25)22-19-15-9-8-14(13-6-7-13)10-18(15)24(20(26)23-19)17-5-3-2-4-16(17)21/h2-5,8-10,12-13,25H,6-7,11H2,1H3,(H,22,23,26)/t12-/m0/s1. The lowest BCUT2D eigenvalue weighted by Gasteiger charge is -2.17. The topological polar surface area (TPSA) is 67.2 Å². The number of aliphatic hydroxyl groups excluding tert-OH is 1. The fourth-order valence-electron chi connectivity index (χ4n) is 3.17. The Balaban J connectivity index is 2.00. The second-order valence-corrected chi connectivity index (χ2v) is 7.22. The van der Waals surface area contributed by atoms with Crippen LogP contribution in [-0.4, -0.2) is 27.3 Å². The number of hydrogen-bond acceptors (Lipinski definition) is 4. The Kier molecular flexibility index (Phi) is 4.42. The molecule has 6 heteroatoms. The van der Waals surface area contributed by atoms with Gasteiger partial charge in [-0.2, -0.15) is 4.98 Å². The van der Waals surface area contributed by atoms with E-state index in [1.165, 1.54) is 18.4 Å². The van der Waals surface area contributed by atoms with Crippen molar-refractivity contribution < 1.29 is 5.11 Å². The van der Waals surface area contributed by atoms with Crippen LogP contribution in [0.4, 0.5) is 5.82 Å². The third-order valence-electron chi connectivity index (χ3n) is 4.72. The van der Waals surface area contributed by atoms with E-state index in [1.54, 1.807) is 10.6 Å². The average molecular weight is 370 g/mol. The molecule has 0 saturated heterocycles. The second-order valence-electron chi connectivity index (χ2n) is 6.81. The predicted octanol–water partition coefficient (Wildman–Crippen LogP) is 3.71. The number of nitrogens with one attached hydrogen (secondary N) is 1. The number of nitrogens with zero attached hydrogens (tertiary/aromatic N) is 2. The van der Waals surface area contributed by atoms with Crippen LogP contribution in [0.2, 0.25) is 5.02 Å². The Morgan fingerprint density at radius 2 is 2.08 bits per heavy atom. The zero-order valence-electron chi connectivity index (χ0n) is 14.4. The molecule has 0 unspecified atom stereocenters. The molecule has 4 rings (SSSR count). The van der Waals surface area contributed by atoms with Gasteiger partial charge in [0.1, 0.15) is 5.82 Å². The Labute approximate surface area is 156 Å². The third kappa shape index (κ3) is 3.08. The van der Waals surface area contributed by atoms with Gasteiger partial charge < -0.3 is 10.4 Å². The van der Waals surface area contributed by atoms with E-state index in [9.17, 15) is 9.90 Å². The molecule has 3 aromatic rings. The largest absolute Gasteiger partial charge is 0.394 e. The summed E-state index contributed by atoms with van der Waals surface area (Å²) in [5.74, 6) is 1.05. The zero-order valence-corrected chi connectivity index (χ0v) is 15.2. The first-order valence-corrected chi connectivity index (χ1v) is 9.15. The summed E-state index contributed by atoms with van der Waals surface area (Å²) >= 11 is 6.36. The maximum Gasteiger partial charge on any atom is 0.354 e. The molecule has 0 bridgehead atoms. The third-order valence-corrected chi connectivity index (χ3v) is 5.04.